The molecule has 0 spiro atoms. The third kappa shape index (κ3) is 12.4. The first-order chi connectivity index (χ1) is 8.89. The average Bonchev–Trinajstić information content (AvgIpc) is 2.31. The van der Waals surface area contributed by atoms with Crippen LogP contribution >= 0.6 is 11.8 Å². The van der Waals surface area contributed by atoms with Gasteiger partial charge in [0.1, 0.15) is 6.61 Å². The molecule has 0 aliphatic carbocycles. The molecular formula is C13H23F3O2S. The highest BCUT2D eigenvalue weighted by Crippen LogP contribution is 2.25. The topological polar surface area (TPSA) is 26.3 Å². The number of carbonyl (C=O) groups excluding carboxylic acids is 1. The van der Waals surface area contributed by atoms with Crippen LogP contribution in [0.3, 0.4) is 0 Å². The number of hydrogen-bond donors (Lipinski definition) is 0. The number of carbonyl (C=O) groups is 1. The van der Waals surface area contributed by atoms with Gasteiger partial charge in [-0.2, -0.15) is 24.9 Å². The third-order valence-electron chi connectivity index (χ3n) is 2.51. The number of alkyl halides is 3. The maximum atomic E-state index is 12.0. The molecule has 0 heterocycles. The maximum absolute atomic E-state index is 12.0. The summed E-state index contributed by atoms with van der Waals surface area (Å²) >= 11 is 1.24. The van der Waals surface area contributed by atoms with Crippen LogP contribution in [-0.4, -0.2) is 29.8 Å². The maximum Gasteiger partial charge on any atom is 0.389 e. The smallest absolute Gasteiger partial charge is 0.389 e. The Morgan fingerprint density at radius 3 is 2.47 bits per heavy atom. The van der Waals surface area contributed by atoms with Gasteiger partial charge in [0.25, 0.3) is 0 Å². The van der Waals surface area contributed by atoms with Crippen molar-refractivity contribution in [2.45, 2.75) is 63.8 Å². The first-order valence-electron chi connectivity index (χ1n) is 6.73. The van der Waals surface area contributed by atoms with Crippen molar-refractivity contribution in [3.05, 3.63) is 0 Å². The van der Waals surface area contributed by atoms with Crippen molar-refractivity contribution < 1.29 is 22.7 Å². The van der Waals surface area contributed by atoms with E-state index in [1.165, 1.54) is 11.8 Å². The molecule has 0 aromatic heterocycles. The predicted molar refractivity (Wildman–Crippen MR) is 72.3 cm³/mol. The lowest BCUT2D eigenvalue weighted by atomic mass is 10.2. The third-order valence-corrected chi connectivity index (χ3v) is 3.80. The Hall–Kier alpha value is -0.390. The molecule has 1 atom stereocenters. The van der Waals surface area contributed by atoms with Crippen molar-refractivity contribution in [1.29, 1.82) is 0 Å². The Morgan fingerprint density at radius 2 is 1.95 bits per heavy atom. The molecule has 0 radical (unpaired) electrons. The van der Waals surface area contributed by atoms with E-state index in [2.05, 4.69) is 0 Å². The molecule has 19 heavy (non-hydrogen) atoms. The Labute approximate surface area is 117 Å². The fourth-order valence-electron chi connectivity index (χ4n) is 1.46. The van der Waals surface area contributed by atoms with Crippen LogP contribution in [-0.2, 0) is 9.53 Å². The molecule has 0 aromatic carbocycles. The molecule has 0 bridgehead atoms. The zero-order chi connectivity index (χ0) is 14.7. The Morgan fingerprint density at radius 1 is 1.26 bits per heavy atom. The monoisotopic (exact) mass is 300 g/mol. The number of thioether (sulfide) groups is 1. The van der Waals surface area contributed by atoms with Crippen LogP contribution in [0, 0.1) is 0 Å². The molecule has 114 valence electrons. The Bertz CT molecular complexity index is 245. The van der Waals surface area contributed by atoms with Crippen molar-refractivity contribution in [3.63, 3.8) is 0 Å². The highest BCUT2D eigenvalue weighted by Gasteiger charge is 2.27. The van der Waals surface area contributed by atoms with Gasteiger partial charge in [-0.25, -0.2) is 0 Å². The molecule has 0 saturated carbocycles. The van der Waals surface area contributed by atoms with Gasteiger partial charge in [-0.15, -0.1) is 0 Å². The SMILES string of the molecule is CCCCC(=O)OCC(CCC)SCCC(F)(F)F. The number of ether oxygens (including phenoxy) is 1. The van der Waals surface area contributed by atoms with Gasteiger partial charge in [-0.3, -0.25) is 4.79 Å². The lowest BCUT2D eigenvalue weighted by Gasteiger charge is -2.16. The van der Waals surface area contributed by atoms with Crippen LogP contribution < -0.4 is 0 Å². The van der Waals surface area contributed by atoms with Crippen molar-refractivity contribution in [2.75, 3.05) is 12.4 Å². The van der Waals surface area contributed by atoms with Crippen LogP contribution in [0.2, 0.25) is 0 Å². The summed E-state index contributed by atoms with van der Waals surface area (Å²) in [7, 11) is 0. The second-order valence-corrected chi connectivity index (χ2v) is 5.84. The molecule has 0 aliphatic rings. The normalized spacial score (nSPS) is 13.3. The fraction of sp³-hybridized carbons (Fsp3) is 0.923. The van der Waals surface area contributed by atoms with Gasteiger partial charge in [0, 0.05) is 17.4 Å². The van der Waals surface area contributed by atoms with E-state index in [9.17, 15) is 18.0 Å². The summed E-state index contributed by atoms with van der Waals surface area (Å²) in [4.78, 5) is 11.3. The minimum absolute atomic E-state index is 0.0284. The first kappa shape index (κ1) is 18.6. The summed E-state index contributed by atoms with van der Waals surface area (Å²) in [6, 6.07) is 0. The highest BCUT2D eigenvalue weighted by atomic mass is 32.2. The number of halogens is 3. The number of unbranched alkanes of at least 4 members (excludes halogenated alkanes) is 1. The summed E-state index contributed by atoms with van der Waals surface area (Å²) in [6.45, 7) is 4.18. The predicted octanol–water partition coefficient (Wildman–Crippen LogP) is 4.57. The van der Waals surface area contributed by atoms with Gasteiger partial charge in [0.05, 0.1) is 6.42 Å². The molecule has 1 unspecified atom stereocenters. The number of rotatable bonds is 10. The zero-order valence-corrected chi connectivity index (χ0v) is 12.4. The Kier molecular flexibility index (Phi) is 10.2. The summed E-state index contributed by atoms with van der Waals surface area (Å²) < 4.78 is 41.2. The zero-order valence-electron chi connectivity index (χ0n) is 11.6. The van der Waals surface area contributed by atoms with Crippen molar-refractivity contribution >= 4 is 17.7 Å². The minimum Gasteiger partial charge on any atom is -0.464 e. The second kappa shape index (κ2) is 10.4. The summed E-state index contributed by atoms with van der Waals surface area (Å²) in [5.74, 6) is -0.222. The van der Waals surface area contributed by atoms with Crippen LogP contribution in [0.1, 0.15) is 52.4 Å². The molecule has 6 heteroatoms. The van der Waals surface area contributed by atoms with Gasteiger partial charge in [-0.1, -0.05) is 26.7 Å². The first-order valence-corrected chi connectivity index (χ1v) is 7.77. The summed E-state index contributed by atoms with van der Waals surface area (Å²) in [5.41, 5.74) is 0. The fourth-order valence-corrected chi connectivity index (χ4v) is 2.71. The summed E-state index contributed by atoms with van der Waals surface area (Å²) in [5, 5.41) is -0.0297. The van der Waals surface area contributed by atoms with E-state index in [4.69, 9.17) is 4.74 Å². The molecule has 2 nitrogen and oxygen atoms in total. The Balaban J connectivity index is 3.88. The molecule has 0 fully saturated rings. The largest absolute Gasteiger partial charge is 0.464 e. The number of hydrogen-bond acceptors (Lipinski definition) is 3. The van der Waals surface area contributed by atoms with Crippen LogP contribution in [0.25, 0.3) is 0 Å². The van der Waals surface area contributed by atoms with E-state index < -0.39 is 12.6 Å². The molecule has 0 N–H and O–H groups in total. The molecule has 0 saturated heterocycles. The van der Waals surface area contributed by atoms with Crippen LogP contribution in [0.5, 0.6) is 0 Å². The van der Waals surface area contributed by atoms with Crippen LogP contribution in [0.15, 0.2) is 0 Å². The molecule has 0 amide bonds. The van der Waals surface area contributed by atoms with E-state index in [1.54, 1.807) is 0 Å². The van der Waals surface area contributed by atoms with Gasteiger partial charge in [-0.05, 0) is 12.8 Å². The second-order valence-electron chi connectivity index (χ2n) is 4.43. The average molecular weight is 300 g/mol. The lowest BCUT2D eigenvalue weighted by molar-refractivity contribution is -0.143. The highest BCUT2D eigenvalue weighted by molar-refractivity contribution is 7.99. The standard InChI is InChI=1S/C13H23F3O2S/c1-3-5-7-12(17)18-10-11(6-4-2)19-9-8-13(14,15)16/h11H,3-10H2,1-2H3. The van der Waals surface area contributed by atoms with Crippen molar-refractivity contribution in [1.82, 2.24) is 0 Å². The van der Waals surface area contributed by atoms with Crippen molar-refractivity contribution in [3.8, 4) is 0 Å². The van der Waals surface area contributed by atoms with E-state index in [1.807, 2.05) is 13.8 Å². The van der Waals surface area contributed by atoms with Gasteiger partial charge >= 0.3 is 12.1 Å². The minimum atomic E-state index is -4.11. The molecule has 0 aromatic rings. The van der Waals surface area contributed by atoms with E-state index >= 15 is 0 Å². The molecular weight excluding hydrogens is 277 g/mol. The van der Waals surface area contributed by atoms with Crippen LogP contribution in [0.4, 0.5) is 13.2 Å². The van der Waals surface area contributed by atoms with Gasteiger partial charge < -0.3 is 4.74 Å². The van der Waals surface area contributed by atoms with Crippen molar-refractivity contribution in [2.24, 2.45) is 0 Å². The van der Waals surface area contributed by atoms with Gasteiger partial charge in [0.2, 0.25) is 0 Å². The van der Waals surface area contributed by atoms with E-state index in [0.29, 0.717) is 6.42 Å². The molecule has 0 rings (SSSR count). The summed E-state index contributed by atoms with van der Waals surface area (Å²) in [6.07, 6.45) is -1.15. The van der Waals surface area contributed by atoms with E-state index in [0.717, 1.165) is 25.7 Å². The number of esters is 1. The van der Waals surface area contributed by atoms with E-state index in [-0.39, 0.29) is 23.6 Å². The quantitative estimate of drug-likeness (QED) is 0.553. The molecule has 0 aliphatic heterocycles. The van der Waals surface area contributed by atoms with Gasteiger partial charge in [0.15, 0.2) is 0 Å². The lowest BCUT2D eigenvalue weighted by Crippen LogP contribution is -2.18.